The summed E-state index contributed by atoms with van der Waals surface area (Å²) in [5.74, 6) is -0.313. The van der Waals surface area contributed by atoms with E-state index < -0.39 is 0 Å². The summed E-state index contributed by atoms with van der Waals surface area (Å²) in [6, 6.07) is 7.79. The van der Waals surface area contributed by atoms with Crippen LogP contribution < -0.4 is 15.5 Å². The van der Waals surface area contributed by atoms with Crippen LogP contribution in [0.1, 0.15) is 32.6 Å². The molecule has 0 aliphatic carbocycles. The van der Waals surface area contributed by atoms with Crippen molar-refractivity contribution in [2.75, 3.05) is 43.9 Å². The fourth-order valence-corrected chi connectivity index (χ4v) is 3.15. The van der Waals surface area contributed by atoms with Gasteiger partial charge in [-0.2, -0.15) is 0 Å². The highest BCUT2D eigenvalue weighted by atomic mass is 16.2. The van der Waals surface area contributed by atoms with Gasteiger partial charge in [0.25, 0.3) is 0 Å². The van der Waals surface area contributed by atoms with Gasteiger partial charge >= 0.3 is 6.03 Å². The number of amides is 3. The Bertz CT molecular complexity index is 583. The molecule has 138 valence electrons. The van der Waals surface area contributed by atoms with E-state index in [2.05, 4.69) is 21.6 Å². The molecular formula is C19H30N4O2. The first-order valence-corrected chi connectivity index (χ1v) is 9.10. The number of nitrogens with zero attached hydrogens (tertiary/aromatic N) is 2. The largest absolute Gasteiger partial charge is 0.371 e. The molecule has 1 atom stereocenters. The molecule has 1 aromatic rings. The Morgan fingerprint density at radius 1 is 1.20 bits per heavy atom. The number of anilines is 2. The highest BCUT2D eigenvalue weighted by Crippen LogP contribution is 2.23. The summed E-state index contributed by atoms with van der Waals surface area (Å²) in [6.07, 6.45) is 5.02. The predicted molar refractivity (Wildman–Crippen MR) is 102 cm³/mol. The molecule has 25 heavy (non-hydrogen) atoms. The third kappa shape index (κ3) is 5.66. The van der Waals surface area contributed by atoms with Crippen molar-refractivity contribution in [3.05, 3.63) is 24.3 Å². The smallest absolute Gasteiger partial charge is 0.321 e. The van der Waals surface area contributed by atoms with E-state index in [1.165, 1.54) is 25.7 Å². The topological polar surface area (TPSA) is 64.7 Å². The Morgan fingerprint density at radius 2 is 1.88 bits per heavy atom. The average Bonchev–Trinajstić information content (AvgIpc) is 2.90. The molecule has 1 heterocycles. The lowest BCUT2D eigenvalue weighted by molar-refractivity contribution is -0.124. The van der Waals surface area contributed by atoms with Crippen molar-refractivity contribution in [1.82, 2.24) is 10.2 Å². The van der Waals surface area contributed by atoms with Crippen LogP contribution >= 0.6 is 0 Å². The van der Waals surface area contributed by atoms with Crippen molar-refractivity contribution in [3.8, 4) is 0 Å². The van der Waals surface area contributed by atoms with Gasteiger partial charge < -0.3 is 20.4 Å². The molecule has 1 aromatic carbocycles. The standard InChI is InChI=1S/C19H30N4O2/c1-15(18(24)20-2)14-22(3)19(25)21-16-9-8-10-17(13-16)23-11-6-4-5-7-12-23/h8-10,13,15H,4-7,11-12,14H2,1-3H3,(H,20,24)(H,21,25). The van der Waals surface area contributed by atoms with Crippen LogP contribution in [0, 0.1) is 5.92 Å². The van der Waals surface area contributed by atoms with Gasteiger partial charge in [-0.05, 0) is 31.0 Å². The van der Waals surface area contributed by atoms with Gasteiger partial charge in [-0.15, -0.1) is 0 Å². The number of rotatable bonds is 5. The van der Waals surface area contributed by atoms with E-state index >= 15 is 0 Å². The predicted octanol–water partition coefficient (Wildman–Crippen LogP) is 2.91. The summed E-state index contributed by atoms with van der Waals surface area (Å²) in [7, 11) is 3.31. The number of urea groups is 1. The Kier molecular flexibility index (Phi) is 7.10. The third-order valence-electron chi connectivity index (χ3n) is 4.66. The fourth-order valence-electron chi connectivity index (χ4n) is 3.15. The van der Waals surface area contributed by atoms with E-state index in [0.717, 1.165) is 24.5 Å². The molecule has 0 saturated carbocycles. The van der Waals surface area contributed by atoms with Gasteiger partial charge in [0.2, 0.25) is 5.91 Å². The number of benzene rings is 1. The molecule has 0 radical (unpaired) electrons. The molecule has 6 heteroatoms. The lowest BCUT2D eigenvalue weighted by Gasteiger charge is -2.24. The Morgan fingerprint density at radius 3 is 2.52 bits per heavy atom. The monoisotopic (exact) mass is 346 g/mol. The summed E-state index contributed by atoms with van der Waals surface area (Å²) >= 11 is 0. The van der Waals surface area contributed by atoms with Crippen LogP contribution in [-0.2, 0) is 4.79 Å². The second-order valence-corrected chi connectivity index (χ2v) is 6.78. The van der Waals surface area contributed by atoms with Gasteiger partial charge in [-0.1, -0.05) is 25.8 Å². The van der Waals surface area contributed by atoms with Gasteiger partial charge in [0, 0.05) is 45.1 Å². The molecule has 1 saturated heterocycles. The molecule has 2 rings (SSSR count). The first-order valence-electron chi connectivity index (χ1n) is 9.10. The number of nitrogens with one attached hydrogen (secondary N) is 2. The number of carbonyl (C=O) groups is 2. The van der Waals surface area contributed by atoms with Crippen LogP contribution in [0.4, 0.5) is 16.2 Å². The van der Waals surface area contributed by atoms with Crippen LogP contribution in [0.2, 0.25) is 0 Å². The maximum atomic E-state index is 12.4. The lowest BCUT2D eigenvalue weighted by atomic mass is 10.1. The first-order chi connectivity index (χ1) is 12.0. The van der Waals surface area contributed by atoms with E-state index in [-0.39, 0.29) is 17.9 Å². The van der Waals surface area contributed by atoms with Gasteiger partial charge in [0.15, 0.2) is 0 Å². The van der Waals surface area contributed by atoms with E-state index in [0.29, 0.717) is 6.54 Å². The van der Waals surface area contributed by atoms with Crippen LogP contribution in [0.3, 0.4) is 0 Å². The molecule has 1 aliphatic rings. The maximum Gasteiger partial charge on any atom is 0.321 e. The normalized spacial score (nSPS) is 15.9. The first kappa shape index (κ1) is 19.1. The average molecular weight is 346 g/mol. The van der Waals surface area contributed by atoms with E-state index in [9.17, 15) is 9.59 Å². The van der Waals surface area contributed by atoms with Crippen LogP contribution in [0.5, 0.6) is 0 Å². The van der Waals surface area contributed by atoms with E-state index in [4.69, 9.17) is 0 Å². The van der Waals surface area contributed by atoms with Crippen LogP contribution in [-0.4, -0.2) is 50.6 Å². The van der Waals surface area contributed by atoms with E-state index in [1.54, 1.807) is 19.0 Å². The SMILES string of the molecule is CNC(=O)C(C)CN(C)C(=O)Nc1cccc(N2CCCCCC2)c1. The highest BCUT2D eigenvalue weighted by Gasteiger charge is 2.17. The van der Waals surface area contributed by atoms with Crippen molar-refractivity contribution in [2.24, 2.45) is 5.92 Å². The molecule has 1 aliphatic heterocycles. The summed E-state index contributed by atoms with van der Waals surface area (Å²) < 4.78 is 0. The van der Waals surface area contributed by atoms with Crippen molar-refractivity contribution < 1.29 is 9.59 Å². The zero-order chi connectivity index (χ0) is 18.2. The summed E-state index contributed by atoms with van der Waals surface area (Å²) in [6.45, 7) is 4.32. The Balaban J connectivity index is 1.96. The molecule has 1 fully saturated rings. The molecule has 6 nitrogen and oxygen atoms in total. The molecule has 0 spiro atoms. The summed E-state index contributed by atoms with van der Waals surface area (Å²) in [5, 5.41) is 5.53. The van der Waals surface area contributed by atoms with Crippen molar-refractivity contribution >= 4 is 23.3 Å². The molecule has 0 bridgehead atoms. The Labute approximate surface area is 150 Å². The maximum absolute atomic E-state index is 12.4. The zero-order valence-corrected chi connectivity index (χ0v) is 15.5. The molecule has 3 amide bonds. The minimum Gasteiger partial charge on any atom is -0.371 e. The van der Waals surface area contributed by atoms with Crippen molar-refractivity contribution in [3.63, 3.8) is 0 Å². The van der Waals surface area contributed by atoms with Crippen molar-refractivity contribution in [2.45, 2.75) is 32.6 Å². The molecular weight excluding hydrogens is 316 g/mol. The van der Waals surface area contributed by atoms with Gasteiger partial charge in [0.05, 0.1) is 5.92 Å². The minimum absolute atomic E-state index is 0.0668. The van der Waals surface area contributed by atoms with Crippen LogP contribution in [0.25, 0.3) is 0 Å². The number of hydrogen-bond acceptors (Lipinski definition) is 3. The second-order valence-electron chi connectivity index (χ2n) is 6.78. The fraction of sp³-hybridized carbons (Fsp3) is 0.579. The third-order valence-corrected chi connectivity index (χ3v) is 4.66. The molecule has 1 unspecified atom stereocenters. The molecule has 0 aromatic heterocycles. The summed E-state index contributed by atoms with van der Waals surface area (Å²) in [5.41, 5.74) is 1.94. The summed E-state index contributed by atoms with van der Waals surface area (Å²) in [4.78, 5) is 27.9. The van der Waals surface area contributed by atoms with Gasteiger partial charge in [-0.25, -0.2) is 4.79 Å². The van der Waals surface area contributed by atoms with Crippen LogP contribution in [0.15, 0.2) is 24.3 Å². The zero-order valence-electron chi connectivity index (χ0n) is 15.5. The molecule has 2 N–H and O–H groups in total. The Hall–Kier alpha value is -2.24. The highest BCUT2D eigenvalue weighted by molar-refractivity contribution is 5.90. The minimum atomic E-state index is -0.246. The quantitative estimate of drug-likeness (QED) is 0.861. The van der Waals surface area contributed by atoms with Gasteiger partial charge in [0.1, 0.15) is 0 Å². The van der Waals surface area contributed by atoms with E-state index in [1.807, 2.05) is 25.1 Å². The number of carbonyl (C=O) groups excluding carboxylic acids is 2. The lowest BCUT2D eigenvalue weighted by Crippen LogP contribution is -2.39. The second kappa shape index (κ2) is 9.30. The number of hydrogen-bond donors (Lipinski definition) is 2. The van der Waals surface area contributed by atoms with Gasteiger partial charge in [-0.3, -0.25) is 4.79 Å². The van der Waals surface area contributed by atoms with Crippen molar-refractivity contribution in [1.29, 1.82) is 0 Å².